The Kier molecular flexibility index (Phi) is 5.48. The number of amides is 1. The van der Waals surface area contributed by atoms with Gasteiger partial charge in [-0.1, -0.05) is 18.2 Å². The molecule has 6 heteroatoms. The number of hydrogen-bond acceptors (Lipinski definition) is 3. The monoisotopic (exact) mass is 344 g/mol. The van der Waals surface area contributed by atoms with Crippen molar-refractivity contribution in [3.05, 3.63) is 53.1 Å². The zero-order valence-corrected chi connectivity index (χ0v) is 14.8. The van der Waals surface area contributed by atoms with E-state index in [9.17, 15) is 9.18 Å². The zero-order chi connectivity index (χ0) is 17.8. The summed E-state index contributed by atoms with van der Waals surface area (Å²) in [6, 6.07) is 6.27. The molecule has 1 aliphatic carbocycles. The molecule has 2 atom stereocenters. The lowest BCUT2D eigenvalue weighted by Crippen LogP contribution is -2.44. The Balaban J connectivity index is 1.59. The summed E-state index contributed by atoms with van der Waals surface area (Å²) in [5.74, 6) is -0.425. The molecule has 1 aliphatic rings. The molecule has 25 heavy (non-hydrogen) atoms. The van der Waals surface area contributed by atoms with Gasteiger partial charge in [0.05, 0.1) is 12.2 Å². The van der Waals surface area contributed by atoms with E-state index in [1.165, 1.54) is 17.3 Å². The molecule has 1 heterocycles. The summed E-state index contributed by atoms with van der Waals surface area (Å²) in [6.07, 6.45) is 5.03. The lowest BCUT2D eigenvalue weighted by atomic mass is 9.92. The summed E-state index contributed by atoms with van der Waals surface area (Å²) < 4.78 is 15.7. The van der Waals surface area contributed by atoms with Crippen LogP contribution in [0, 0.1) is 5.82 Å². The van der Waals surface area contributed by atoms with Gasteiger partial charge in [0, 0.05) is 36.0 Å². The van der Waals surface area contributed by atoms with Crippen molar-refractivity contribution in [1.82, 2.24) is 20.4 Å². The van der Waals surface area contributed by atoms with Gasteiger partial charge in [-0.05, 0) is 39.2 Å². The molecule has 1 aromatic heterocycles. The van der Waals surface area contributed by atoms with Gasteiger partial charge in [-0.25, -0.2) is 4.39 Å². The number of aryl methyl sites for hydroxylation is 1. The molecule has 0 unspecified atom stereocenters. The number of benzene rings is 1. The van der Waals surface area contributed by atoms with Crippen molar-refractivity contribution in [2.24, 2.45) is 0 Å². The van der Waals surface area contributed by atoms with Gasteiger partial charge in [0.1, 0.15) is 5.82 Å². The first-order valence-corrected chi connectivity index (χ1v) is 8.92. The molecule has 0 bridgehead atoms. The van der Waals surface area contributed by atoms with Gasteiger partial charge in [0.15, 0.2) is 0 Å². The molecule has 0 aliphatic heterocycles. The molecule has 0 saturated heterocycles. The average molecular weight is 344 g/mol. The van der Waals surface area contributed by atoms with Crippen LogP contribution in [-0.4, -0.2) is 21.7 Å². The maximum Gasteiger partial charge on any atom is 0.237 e. The second-order valence-electron chi connectivity index (χ2n) is 6.50. The number of fused-ring (bicyclic) bond motifs is 1. The van der Waals surface area contributed by atoms with Crippen molar-refractivity contribution in [2.75, 3.05) is 0 Å². The van der Waals surface area contributed by atoms with E-state index in [0.717, 1.165) is 25.8 Å². The van der Waals surface area contributed by atoms with E-state index in [2.05, 4.69) is 22.7 Å². The van der Waals surface area contributed by atoms with Gasteiger partial charge >= 0.3 is 0 Å². The first kappa shape index (κ1) is 17.6. The zero-order valence-electron chi connectivity index (χ0n) is 14.8. The normalized spacial score (nSPS) is 17.8. The van der Waals surface area contributed by atoms with Crippen LogP contribution in [0.1, 0.15) is 49.6 Å². The third-order valence-electron chi connectivity index (χ3n) is 4.82. The molecule has 5 nitrogen and oxygen atoms in total. The number of aromatic nitrogens is 2. The number of nitrogens with zero attached hydrogens (tertiary/aromatic N) is 2. The molecule has 3 rings (SSSR count). The first-order valence-electron chi connectivity index (χ1n) is 8.92. The highest BCUT2D eigenvalue weighted by Gasteiger charge is 2.26. The van der Waals surface area contributed by atoms with Crippen LogP contribution >= 0.6 is 0 Å². The Labute approximate surface area is 147 Å². The number of carbonyl (C=O) groups is 1. The predicted octanol–water partition coefficient (Wildman–Crippen LogP) is 2.71. The molecular formula is C19H25FN4O. The number of hydrogen-bond donors (Lipinski definition) is 2. The van der Waals surface area contributed by atoms with E-state index >= 15 is 0 Å². The summed E-state index contributed by atoms with van der Waals surface area (Å²) in [5.41, 5.74) is 2.96. The van der Waals surface area contributed by atoms with Gasteiger partial charge in [-0.15, -0.1) is 0 Å². The van der Waals surface area contributed by atoms with Crippen molar-refractivity contribution in [1.29, 1.82) is 0 Å². The SMILES string of the molecule is CCn1ncc2c1CCC[C@@H]2N[C@H](C)C(=O)NCc1ccccc1F. The quantitative estimate of drug-likeness (QED) is 0.847. The third kappa shape index (κ3) is 3.90. The van der Waals surface area contributed by atoms with Gasteiger partial charge in [0.25, 0.3) is 0 Å². The molecule has 1 aromatic carbocycles. The van der Waals surface area contributed by atoms with Crippen LogP contribution < -0.4 is 10.6 Å². The van der Waals surface area contributed by atoms with Gasteiger partial charge < -0.3 is 5.32 Å². The van der Waals surface area contributed by atoms with Crippen LogP contribution in [0.2, 0.25) is 0 Å². The summed E-state index contributed by atoms with van der Waals surface area (Å²) in [5, 5.41) is 10.7. The van der Waals surface area contributed by atoms with E-state index in [-0.39, 0.29) is 30.4 Å². The molecule has 1 amide bonds. The van der Waals surface area contributed by atoms with E-state index in [4.69, 9.17) is 0 Å². The van der Waals surface area contributed by atoms with Crippen molar-refractivity contribution >= 4 is 5.91 Å². The summed E-state index contributed by atoms with van der Waals surface area (Å²) in [7, 11) is 0. The highest BCUT2D eigenvalue weighted by molar-refractivity contribution is 5.81. The minimum atomic E-state index is -0.354. The lowest BCUT2D eigenvalue weighted by Gasteiger charge is -2.27. The van der Waals surface area contributed by atoms with Crippen LogP contribution in [0.3, 0.4) is 0 Å². The van der Waals surface area contributed by atoms with Crippen molar-refractivity contribution in [3.63, 3.8) is 0 Å². The molecule has 0 saturated carbocycles. The number of nitrogens with one attached hydrogen (secondary N) is 2. The van der Waals surface area contributed by atoms with Crippen molar-refractivity contribution in [3.8, 4) is 0 Å². The first-order chi connectivity index (χ1) is 12.1. The second kappa shape index (κ2) is 7.78. The Morgan fingerprint density at radius 3 is 3.00 bits per heavy atom. The molecular weight excluding hydrogens is 319 g/mol. The molecule has 0 radical (unpaired) electrons. The van der Waals surface area contributed by atoms with Gasteiger partial charge in [-0.3, -0.25) is 14.8 Å². The fraction of sp³-hybridized carbons (Fsp3) is 0.474. The lowest BCUT2D eigenvalue weighted by molar-refractivity contribution is -0.123. The topological polar surface area (TPSA) is 59.0 Å². The summed E-state index contributed by atoms with van der Waals surface area (Å²) >= 11 is 0. The van der Waals surface area contributed by atoms with Crippen molar-refractivity contribution < 1.29 is 9.18 Å². The van der Waals surface area contributed by atoms with Gasteiger partial charge in [0.2, 0.25) is 5.91 Å². The van der Waals surface area contributed by atoms with E-state index in [0.29, 0.717) is 5.56 Å². The Morgan fingerprint density at radius 1 is 1.44 bits per heavy atom. The fourth-order valence-electron chi connectivity index (χ4n) is 3.42. The number of halogens is 1. The highest BCUT2D eigenvalue weighted by atomic mass is 19.1. The Hall–Kier alpha value is -2.21. The minimum absolute atomic E-state index is 0.127. The smallest absolute Gasteiger partial charge is 0.237 e. The molecule has 2 aromatic rings. The van der Waals surface area contributed by atoms with Crippen LogP contribution in [-0.2, 0) is 24.3 Å². The largest absolute Gasteiger partial charge is 0.351 e. The summed E-state index contributed by atoms with van der Waals surface area (Å²) in [6.45, 7) is 4.99. The Morgan fingerprint density at radius 2 is 2.24 bits per heavy atom. The maximum absolute atomic E-state index is 13.6. The van der Waals surface area contributed by atoms with E-state index in [1.54, 1.807) is 18.2 Å². The van der Waals surface area contributed by atoms with Crippen LogP contribution in [0.15, 0.2) is 30.5 Å². The molecule has 2 N–H and O–H groups in total. The maximum atomic E-state index is 13.6. The van der Waals surface area contributed by atoms with E-state index < -0.39 is 0 Å². The number of rotatable bonds is 6. The van der Waals surface area contributed by atoms with Crippen LogP contribution in [0.25, 0.3) is 0 Å². The average Bonchev–Trinajstić information content (AvgIpc) is 3.05. The molecule has 0 fully saturated rings. The molecule has 0 spiro atoms. The van der Waals surface area contributed by atoms with Gasteiger partial charge in [-0.2, -0.15) is 5.10 Å². The fourth-order valence-corrected chi connectivity index (χ4v) is 3.42. The third-order valence-corrected chi connectivity index (χ3v) is 4.82. The number of carbonyl (C=O) groups excluding carboxylic acids is 1. The van der Waals surface area contributed by atoms with Crippen LogP contribution in [0.5, 0.6) is 0 Å². The predicted molar refractivity (Wildman–Crippen MR) is 94.4 cm³/mol. The van der Waals surface area contributed by atoms with E-state index in [1.807, 2.05) is 17.8 Å². The highest BCUT2D eigenvalue weighted by Crippen LogP contribution is 2.29. The molecule has 134 valence electrons. The minimum Gasteiger partial charge on any atom is -0.351 e. The Bertz CT molecular complexity index is 743. The van der Waals surface area contributed by atoms with Crippen LogP contribution in [0.4, 0.5) is 4.39 Å². The standard InChI is InChI=1S/C19H25FN4O/c1-3-24-18-10-6-9-17(15(18)12-22-24)23-13(2)19(25)21-11-14-7-4-5-8-16(14)20/h4-5,7-8,12-13,17,23H,3,6,9-11H2,1-2H3,(H,21,25)/t13-,17+/m1/s1. The van der Waals surface area contributed by atoms with Crippen molar-refractivity contribution in [2.45, 2.75) is 58.3 Å². The second-order valence-corrected chi connectivity index (χ2v) is 6.50. The summed E-state index contributed by atoms with van der Waals surface area (Å²) in [4.78, 5) is 12.4.